The van der Waals surface area contributed by atoms with Crippen molar-refractivity contribution in [1.29, 1.82) is 0 Å². The number of aromatic amines is 1. The predicted octanol–water partition coefficient (Wildman–Crippen LogP) is 4.44. The summed E-state index contributed by atoms with van der Waals surface area (Å²) in [6.45, 7) is 5.43. The summed E-state index contributed by atoms with van der Waals surface area (Å²) in [6, 6.07) is 9.89. The van der Waals surface area contributed by atoms with Crippen LogP contribution in [-0.4, -0.2) is 52.8 Å². The fraction of sp³-hybridized carbons (Fsp3) is 0.320. The predicted molar refractivity (Wildman–Crippen MR) is 130 cm³/mol. The van der Waals surface area contributed by atoms with Crippen LogP contribution >= 0.6 is 11.6 Å². The van der Waals surface area contributed by atoms with Crippen LogP contribution in [0.25, 0.3) is 10.9 Å². The smallest absolute Gasteiger partial charge is 0.226 e. The number of pyridine rings is 1. The molecule has 4 aromatic rings. The van der Waals surface area contributed by atoms with Crippen molar-refractivity contribution in [2.75, 3.05) is 42.6 Å². The SMILES string of the molecule is Cc1nc(N2CCc3c([nH]c4ccc(Cl)cc34)C2c2ccc(N3CCOCC3)nc2)ncc1F. The molecule has 0 amide bonds. The van der Waals surface area contributed by atoms with Gasteiger partial charge in [0.05, 0.1) is 31.1 Å². The quantitative estimate of drug-likeness (QED) is 0.469. The van der Waals surface area contributed by atoms with E-state index in [0.717, 1.165) is 47.5 Å². The molecule has 7 nitrogen and oxygen atoms in total. The minimum atomic E-state index is -0.408. The zero-order chi connectivity index (χ0) is 23.2. The lowest BCUT2D eigenvalue weighted by atomic mass is 9.93. The van der Waals surface area contributed by atoms with Gasteiger partial charge in [-0.1, -0.05) is 17.7 Å². The van der Waals surface area contributed by atoms with Gasteiger partial charge in [0.1, 0.15) is 5.82 Å². The summed E-state index contributed by atoms with van der Waals surface area (Å²) in [7, 11) is 0. The van der Waals surface area contributed by atoms with Crippen molar-refractivity contribution in [2.24, 2.45) is 0 Å². The number of rotatable bonds is 3. The van der Waals surface area contributed by atoms with Crippen LogP contribution in [0, 0.1) is 12.7 Å². The molecule has 1 aromatic carbocycles. The van der Waals surface area contributed by atoms with Crippen LogP contribution in [0.5, 0.6) is 0 Å². The van der Waals surface area contributed by atoms with E-state index in [4.69, 9.17) is 21.3 Å². The lowest BCUT2D eigenvalue weighted by Gasteiger charge is -2.36. The number of nitrogens with one attached hydrogen (secondary N) is 1. The second-order valence-corrected chi connectivity index (χ2v) is 9.14. The Balaban J connectivity index is 1.46. The highest BCUT2D eigenvalue weighted by molar-refractivity contribution is 6.31. The highest BCUT2D eigenvalue weighted by Crippen LogP contribution is 2.40. The van der Waals surface area contributed by atoms with E-state index in [-0.39, 0.29) is 6.04 Å². The molecule has 34 heavy (non-hydrogen) atoms. The number of hydrogen-bond donors (Lipinski definition) is 1. The van der Waals surface area contributed by atoms with Gasteiger partial charge in [-0.25, -0.2) is 19.3 Å². The van der Waals surface area contributed by atoms with Crippen LogP contribution in [0.1, 0.15) is 28.6 Å². The summed E-state index contributed by atoms with van der Waals surface area (Å²) < 4.78 is 19.4. The molecule has 3 aromatic heterocycles. The third kappa shape index (κ3) is 3.67. The van der Waals surface area contributed by atoms with Gasteiger partial charge in [-0.3, -0.25) is 0 Å². The summed E-state index contributed by atoms with van der Waals surface area (Å²) in [5.74, 6) is 1.03. The van der Waals surface area contributed by atoms with E-state index in [1.54, 1.807) is 6.92 Å². The van der Waals surface area contributed by atoms with E-state index in [2.05, 4.69) is 36.9 Å². The standard InChI is InChI=1S/C25H24ClFN6O/c1-15-20(27)14-29-25(30-15)33-7-6-18-19-12-17(26)3-4-21(19)31-23(18)24(33)16-2-5-22(28-13-16)32-8-10-34-11-9-32/h2-5,12-14,24,31H,6-11H2,1H3. The monoisotopic (exact) mass is 478 g/mol. The Labute approximate surface area is 201 Å². The second kappa shape index (κ2) is 8.52. The van der Waals surface area contributed by atoms with Crippen LogP contribution in [0.3, 0.4) is 0 Å². The zero-order valence-corrected chi connectivity index (χ0v) is 19.5. The van der Waals surface area contributed by atoms with Crippen molar-refractivity contribution in [3.8, 4) is 0 Å². The topological polar surface area (TPSA) is 70.2 Å². The molecule has 0 saturated carbocycles. The molecule has 2 aliphatic heterocycles. The number of ether oxygens (including phenoxy) is 1. The molecule has 6 rings (SSSR count). The molecule has 9 heteroatoms. The molecule has 1 saturated heterocycles. The average Bonchev–Trinajstić information content (AvgIpc) is 3.23. The number of morpholine rings is 1. The highest BCUT2D eigenvalue weighted by Gasteiger charge is 2.34. The summed E-state index contributed by atoms with van der Waals surface area (Å²) in [6.07, 6.45) is 3.96. The maximum Gasteiger partial charge on any atom is 0.226 e. The third-order valence-corrected chi connectivity index (χ3v) is 6.91. The average molecular weight is 479 g/mol. The molecular formula is C25H24ClFN6O. The summed E-state index contributed by atoms with van der Waals surface area (Å²) in [4.78, 5) is 21.5. The number of fused-ring (bicyclic) bond motifs is 3. The molecule has 1 fully saturated rings. The fourth-order valence-electron chi connectivity index (χ4n) is 4.94. The van der Waals surface area contributed by atoms with E-state index in [0.29, 0.717) is 36.4 Å². The molecule has 0 aliphatic carbocycles. The fourth-order valence-corrected chi connectivity index (χ4v) is 5.11. The van der Waals surface area contributed by atoms with Gasteiger partial charge in [0.25, 0.3) is 0 Å². The molecule has 1 unspecified atom stereocenters. The van der Waals surface area contributed by atoms with E-state index >= 15 is 0 Å². The van der Waals surface area contributed by atoms with E-state index in [1.165, 1.54) is 11.8 Å². The number of nitrogens with zero attached hydrogens (tertiary/aromatic N) is 5. The normalized spacial score (nSPS) is 18.4. The summed E-state index contributed by atoms with van der Waals surface area (Å²) >= 11 is 6.32. The Morgan fingerprint density at radius 3 is 2.71 bits per heavy atom. The molecule has 1 atom stereocenters. The Bertz CT molecular complexity index is 1350. The van der Waals surface area contributed by atoms with Crippen molar-refractivity contribution in [3.63, 3.8) is 0 Å². The maximum atomic E-state index is 13.9. The zero-order valence-electron chi connectivity index (χ0n) is 18.8. The Morgan fingerprint density at radius 1 is 1.09 bits per heavy atom. The highest BCUT2D eigenvalue weighted by atomic mass is 35.5. The van der Waals surface area contributed by atoms with E-state index in [9.17, 15) is 4.39 Å². The molecule has 2 aliphatic rings. The van der Waals surface area contributed by atoms with Crippen molar-refractivity contribution in [2.45, 2.75) is 19.4 Å². The van der Waals surface area contributed by atoms with Crippen molar-refractivity contribution < 1.29 is 9.13 Å². The van der Waals surface area contributed by atoms with Gasteiger partial charge in [-0.05, 0) is 48.7 Å². The number of H-pyrrole nitrogens is 1. The third-order valence-electron chi connectivity index (χ3n) is 6.67. The van der Waals surface area contributed by atoms with E-state index < -0.39 is 5.82 Å². The first-order valence-electron chi connectivity index (χ1n) is 11.4. The molecule has 1 N–H and O–H groups in total. The van der Waals surface area contributed by atoms with Gasteiger partial charge in [0.15, 0.2) is 5.82 Å². The molecular weight excluding hydrogens is 455 g/mol. The van der Waals surface area contributed by atoms with Crippen LogP contribution in [0.15, 0.2) is 42.7 Å². The molecule has 0 radical (unpaired) electrons. The number of aryl methyl sites for hydroxylation is 1. The first kappa shape index (κ1) is 21.3. The van der Waals surface area contributed by atoms with Crippen LogP contribution < -0.4 is 9.80 Å². The van der Waals surface area contributed by atoms with Crippen molar-refractivity contribution >= 4 is 34.3 Å². The van der Waals surface area contributed by atoms with Crippen molar-refractivity contribution in [3.05, 3.63) is 76.1 Å². The number of hydrogen-bond acceptors (Lipinski definition) is 6. The maximum absolute atomic E-state index is 13.9. The van der Waals surface area contributed by atoms with Gasteiger partial charge in [-0.15, -0.1) is 0 Å². The number of anilines is 2. The molecule has 174 valence electrons. The Morgan fingerprint density at radius 2 is 1.94 bits per heavy atom. The van der Waals surface area contributed by atoms with Gasteiger partial charge in [0.2, 0.25) is 5.95 Å². The van der Waals surface area contributed by atoms with Gasteiger partial charge >= 0.3 is 0 Å². The first-order chi connectivity index (χ1) is 16.6. The minimum Gasteiger partial charge on any atom is -0.378 e. The van der Waals surface area contributed by atoms with Crippen LogP contribution in [0.2, 0.25) is 5.02 Å². The van der Waals surface area contributed by atoms with Crippen LogP contribution in [-0.2, 0) is 11.2 Å². The second-order valence-electron chi connectivity index (χ2n) is 8.71. The van der Waals surface area contributed by atoms with Crippen molar-refractivity contribution in [1.82, 2.24) is 19.9 Å². The number of aromatic nitrogens is 4. The van der Waals surface area contributed by atoms with E-state index in [1.807, 2.05) is 24.4 Å². The largest absolute Gasteiger partial charge is 0.378 e. The summed E-state index contributed by atoms with van der Waals surface area (Å²) in [5.41, 5.74) is 4.68. The van der Waals surface area contributed by atoms with Gasteiger partial charge < -0.3 is 19.5 Å². The Hall–Kier alpha value is -3.23. The Kier molecular flexibility index (Phi) is 5.34. The summed E-state index contributed by atoms with van der Waals surface area (Å²) in [5, 5.41) is 1.84. The number of halogens is 2. The lowest BCUT2D eigenvalue weighted by molar-refractivity contribution is 0.122. The minimum absolute atomic E-state index is 0.189. The molecule has 5 heterocycles. The first-order valence-corrected chi connectivity index (χ1v) is 11.8. The number of benzene rings is 1. The van der Waals surface area contributed by atoms with Gasteiger partial charge in [0, 0.05) is 47.5 Å². The van der Waals surface area contributed by atoms with Crippen LogP contribution in [0.4, 0.5) is 16.2 Å². The van der Waals surface area contributed by atoms with Gasteiger partial charge in [-0.2, -0.15) is 0 Å². The lowest BCUT2D eigenvalue weighted by Crippen LogP contribution is -2.38. The molecule has 0 spiro atoms. The molecule has 0 bridgehead atoms.